The minimum Gasteiger partial charge on any atom is -0.322 e. The minimum atomic E-state index is -0.626. The summed E-state index contributed by atoms with van der Waals surface area (Å²) in [4.78, 5) is 50.3. The Bertz CT molecular complexity index is 1080. The number of aryl methyl sites for hydroxylation is 2. The van der Waals surface area contributed by atoms with E-state index in [1.54, 1.807) is 18.2 Å². The number of rotatable bonds is 5. The van der Waals surface area contributed by atoms with Crippen molar-refractivity contribution in [1.82, 2.24) is 10.2 Å². The minimum absolute atomic E-state index is 0.0126. The van der Waals surface area contributed by atoms with Gasteiger partial charge < -0.3 is 4.90 Å². The number of nitrogens with zero attached hydrogens (tertiary/aromatic N) is 1. The summed E-state index contributed by atoms with van der Waals surface area (Å²) >= 11 is 6.11. The number of carbonyl (C=O) groups is 4. The number of halogens is 1. The molecule has 2 aromatic carbocycles. The first-order chi connectivity index (χ1) is 14.3. The smallest absolute Gasteiger partial charge is 0.255 e. The fraction of sp³-hybridized carbons (Fsp3) is 0.304. The van der Waals surface area contributed by atoms with Crippen LogP contribution in [0.4, 0.5) is 0 Å². The number of benzene rings is 2. The molecule has 30 heavy (non-hydrogen) atoms. The molecule has 1 saturated heterocycles. The highest BCUT2D eigenvalue weighted by molar-refractivity contribution is 6.31. The van der Waals surface area contributed by atoms with Crippen molar-refractivity contribution in [1.29, 1.82) is 0 Å². The Morgan fingerprint density at radius 3 is 2.70 bits per heavy atom. The lowest BCUT2D eigenvalue weighted by Crippen LogP contribution is -2.52. The van der Waals surface area contributed by atoms with Crippen molar-refractivity contribution in [3.8, 4) is 0 Å². The standard InChI is InChI=1S/C23H21ClN2O4/c1-13-2-5-15(11-18(13)24)20(27)8-4-14-3-6-17-16(10-14)12-26(23(17)30)19-7-9-21(28)25-22(19)29/h2-3,5-6,10-11,19H,4,7-9,12H2,1H3,(H,25,28,29). The molecular weight excluding hydrogens is 404 g/mol. The molecule has 0 spiro atoms. The molecule has 1 N–H and O–H groups in total. The van der Waals surface area contributed by atoms with Crippen molar-refractivity contribution in [3.05, 3.63) is 69.2 Å². The molecular formula is C23H21ClN2O4. The molecule has 1 atom stereocenters. The van der Waals surface area contributed by atoms with Crippen LogP contribution in [0.1, 0.15) is 56.7 Å². The van der Waals surface area contributed by atoms with Crippen LogP contribution in [0.15, 0.2) is 36.4 Å². The van der Waals surface area contributed by atoms with Gasteiger partial charge in [-0.1, -0.05) is 35.9 Å². The van der Waals surface area contributed by atoms with Gasteiger partial charge in [0.1, 0.15) is 6.04 Å². The zero-order chi connectivity index (χ0) is 21.4. The highest BCUT2D eigenvalue weighted by atomic mass is 35.5. The SMILES string of the molecule is Cc1ccc(C(=O)CCc2ccc3c(c2)CN(C2CCC(=O)NC2=O)C3=O)cc1Cl. The van der Waals surface area contributed by atoms with Crippen molar-refractivity contribution in [3.63, 3.8) is 0 Å². The van der Waals surface area contributed by atoms with E-state index in [0.29, 0.717) is 42.0 Å². The van der Waals surface area contributed by atoms with E-state index in [2.05, 4.69) is 5.32 Å². The maximum absolute atomic E-state index is 12.7. The zero-order valence-corrected chi connectivity index (χ0v) is 17.3. The highest BCUT2D eigenvalue weighted by Gasteiger charge is 2.39. The number of fused-ring (bicyclic) bond motifs is 1. The number of piperidine rings is 1. The van der Waals surface area contributed by atoms with E-state index >= 15 is 0 Å². The van der Waals surface area contributed by atoms with E-state index in [-0.39, 0.29) is 24.0 Å². The van der Waals surface area contributed by atoms with Crippen LogP contribution in [-0.2, 0) is 22.6 Å². The van der Waals surface area contributed by atoms with Gasteiger partial charge >= 0.3 is 0 Å². The van der Waals surface area contributed by atoms with Crippen molar-refractivity contribution in [2.24, 2.45) is 0 Å². The fourth-order valence-corrected chi connectivity index (χ4v) is 4.13. The van der Waals surface area contributed by atoms with Crippen LogP contribution in [0, 0.1) is 6.92 Å². The molecule has 2 aliphatic heterocycles. The highest BCUT2D eigenvalue weighted by Crippen LogP contribution is 2.28. The Morgan fingerprint density at radius 1 is 1.17 bits per heavy atom. The number of hydrogen-bond donors (Lipinski definition) is 1. The van der Waals surface area contributed by atoms with Crippen molar-refractivity contribution in [2.45, 2.75) is 45.2 Å². The normalized spacial score (nSPS) is 18.4. The molecule has 6 nitrogen and oxygen atoms in total. The third kappa shape index (κ3) is 3.87. The molecule has 7 heteroatoms. The van der Waals surface area contributed by atoms with Crippen molar-refractivity contribution < 1.29 is 19.2 Å². The molecule has 0 aromatic heterocycles. The van der Waals surface area contributed by atoms with Crippen LogP contribution < -0.4 is 5.32 Å². The molecule has 1 fully saturated rings. The maximum atomic E-state index is 12.7. The second-order valence-electron chi connectivity index (χ2n) is 7.78. The van der Waals surface area contributed by atoms with Gasteiger partial charge in [-0.15, -0.1) is 0 Å². The fourth-order valence-electron chi connectivity index (χ4n) is 3.95. The molecule has 3 amide bonds. The Morgan fingerprint density at radius 2 is 1.97 bits per heavy atom. The predicted octanol–water partition coefficient (Wildman–Crippen LogP) is 3.22. The number of hydrogen-bond acceptors (Lipinski definition) is 4. The van der Waals surface area contributed by atoms with Crippen LogP contribution >= 0.6 is 11.6 Å². The van der Waals surface area contributed by atoms with Crippen LogP contribution in [0.25, 0.3) is 0 Å². The van der Waals surface area contributed by atoms with Gasteiger partial charge in [-0.2, -0.15) is 0 Å². The van der Waals surface area contributed by atoms with Gasteiger partial charge in [0.25, 0.3) is 5.91 Å². The van der Waals surface area contributed by atoms with Crippen LogP contribution in [0.5, 0.6) is 0 Å². The monoisotopic (exact) mass is 424 g/mol. The van der Waals surface area contributed by atoms with Crippen molar-refractivity contribution >= 4 is 35.1 Å². The Kier molecular flexibility index (Phi) is 5.43. The molecule has 0 bridgehead atoms. The average Bonchev–Trinajstić information content (AvgIpc) is 3.04. The van der Waals surface area contributed by atoms with Crippen LogP contribution in [0.3, 0.4) is 0 Å². The first-order valence-corrected chi connectivity index (χ1v) is 10.3. The molecule has 1 unspecified atom stereocenters. The summed E-state index contributed by atoms with van der Waals surface area (Å²) in [6, 6.07) is 10.2. The Labute approximate surface area is 179 Å². The number of Topliss-reactive ketones (excluding diaryl/α,β-unsaturated/α-hetero) is 1. The molecule has 0 saturated carbocycles. The topological polar surface area (TPSA) is 83.6 Å². The molecule has 2 aromatic rings. The molecule has 0 radical (unpaired) electrons. The largest absolute Gasteiger partial charge is 0.322 e. The van der Waals surface area contributed by atoms with Crippen LogP contribution in [-0.4, -0.2) is 34.4 Å². The summed E-state index contributed by atoms with van der Waals surface area (Å²) < 4.78 is 0. The summed E-state index contributed by atoms with van der Waals surface area (Å²) in [6.45, 7) is 2.22. The van der Waals surface area contributed by atoms with Gasteiger partial charge in [-0.25, -0.2) is 0 Å². The van der Waals surface area contributed by atoms with E-state index in [0.717, 1.165) is 16.7 Å². The third-order valence-electron chi connectivity index (χ3n) is 5.72. The zero-order valence-electron chi connectivity index (χ0n) is 16.5. The van der Waals surface area contributed by atoms with E-state index in [1.807, 2.05) is 25.1 Å². The van der Waals surface area contributed by atoms with Gasteiger partial charge in [-0.05, 0) is 48.6 Å². The number of nitrogens with one attached hydrogen (secondary N) is 1. The molecule has 4 rings (SSSR count). The van der Waals surface area contributed by atoms with Gasteiger partial charge in [0.15, 0.2) is 5.78 Å². The molecule has 2 heterocycles. The Hall–Kier alpha value is -2.99. The Balaban J connectivity index is 1.44. The van der Waals surface area contributed by atoms with E-state index in [4.69, 9.17) is 11.6 Å². The number of amides is 3. The van der Waals surface area contributed by atoms with E-state index < -0.39 is 11.9 Å². The summed E-state index contributed by atoms with van der Waals surface area (Å²) in [6.07, 6.45) is 1.45. The van der Waals surface area contributed by atoms with Gasteiger partial charge in [0.05, 0.1) is 0 Å². The molecule has 2 aliphatic rings. The third-order valence-corrected chi connectivity index (χ3v) is 6.13. The maximum Gasteiger partial charge on any atom is 0.255 e. The lowest BCUT2D eigenvalue weighted by Gasteiger charge is -2.29. The number of carbonyl (C=O) groups excluding carboxylic acids is 4. The van der Waals surface area contributed by atoms with E-state index in [9.17, 15) is 19.2 Å². The lowest BCUT2D eigenvalue weighted by atomic mass is 9.99. The second-order valence-corrected chi connectivity index (χ2v) is 8.19. The predicted molar refractivity (Wildman–Crippen MR) is 111 cm³/mol. The quantitative estimate of drug-likeness (QED) is 0.590. The van der Waals surface area contributed by atoms with Crippen molar-refractivity contribution in [2.75, 3.05) is 0 Å². The summed E-state index contributed by atoms with van der Waals surface area (Å²) in [5.41, 5.74) is 3.88. The van der Waals surface area contributed by atoms with E-state index in [1.165, 1.54) is 4.90 Å². The first kappa shape index (κ1) is 20.3. The molecule has 0 aliphatic carbocycles. The van der Waals surface area contributed by atoms with Gasteiger partial charge in [0.2, 0.25) is 11.8 Å². The van der Waals surface area contributed by atoms with Gasteiger partial charge in [0, 0.05) is 35.5 Å². The first-order valence-electron chi connectivity index (χ1n) is 9.89. The lowest BCUT2D eigenvalue weighted by molar-refractivity contribution is -0.136. The average molecular weight is 425 g/mol. The summed E-state index contributed by atoms with van der Waals surface area (Å²) in [7, 11) is 0. The molecule has 154 valence electrons. The number of imide groups is 1. The summed E-state index contributed by atoms with van der Waals surface area (Å²) in [5, 5.41) is 2.88. The van der Waals surface area contributed by atoms with Crippen LogP contribution in [0.2, 0.25) is 5.02 Å². The summed E-state index contributed by atoms with van der Waals surface area (Å²) in [5.74, 6) is -0.910. The van der Waals surface area contributed by atoms with Gasteiger partial charge in [-0.3, -0.25) is 24.5 Å². The number of ketones is 1. The second kappa shape index (κ2) is 8.03.